The Kier molecular flexibility index (Phi) is 5.28. The molecule has 2 aromatic heterocycles. The summed E-state index contributed by atoms with van der Waals surface area (Å²) in [4.78, 5) is 4.01. The SMILES string of the molecule is COc1ccc(/C=N\n2c(-c3ccncc3)n[nH]c2=S)c(OC)c1OC. The van der Waals surface area contributed by atoms with E-state index in [1.165, 1.54) is 4.68 Å². The normalized spacial score (nSPS) is 10.9. The van der Waals surface area contributed by atoms with Crippen LogP contribution < -0.4 is 14.2 Å². The van der Waals surface area contributed by atoms with E-state index >= 15 is 0 Å². The number of rotatable bonds is 6. The molecular formula is C17H17N5O3S. The van der Waals surface area contributed by atoms with E-state index in [1.54, 1.807) is 46.0 Å². The molecule has 1 N–H and O–H groups in total. The van der Waals surface area contributed by atoms with Crippen molar-refractivity contribution in [3.63, 3.8) is 0 Å². The number of nitrogens with one attached hydrogen (secondary N) is 1. The van der Waals surface area contributed by atoms with Crippen LogP contribution in [-0.4, -0.2) is 47.4 Å². The molecule has 0 aliphatic rings. The third-order valence-corrected chi connectivity index (χ3v) is 3.90. The van der Waals surface area contributed by atoms with Crippen LogP contribution in [0, 0.1) is 4.77 Å². The van der Waals surface area contributed by atoms with Gasteiger partial charge in [0.15, 0.2) is 17.3 Å². The van der Waals surface area contributed by atoms with E-state index in [1.807, 2.05) is 18.2 Å². The molecule has 0 fully saturated rings. The van der Waals surface area contributed by atoms with E-state index < -0.39 is 0 Å². The Bertz CT molecular complexity index is 982. The van der Waals surface area contributed by atoms with Gasteiger partial charge in [-0.25, -0.2) is 5.10 Å². The molecule has 0 amide bonds. The van der Waals surface area contributed by atoms with Crippen molar-refractivity contribution in [3.05, 3.63) is 47.0 Å². The molecule has 1 aromatic carbocycles. The van der Waals surface area contributed by atoms with E-state index in [0.29, 0.717) is 33.4 Å². The summed E-state index contributed by atoms with van der Waals surface area (Å²) in [5.74, 6) is 2.15. The Balaban J connectivity index is 2.05. The second-order valence-corrected chi connectivity index (χ2v) is 5.45. The van der Waals surface area contributed by atoms with Gasteiger partial charge in [-0.1, -0.05) is 0 Å². The molecule has 8 nitrogen and oxygen atoms in total. The molecule has 0 spiro atoms. The molecule has 0 unspecified atom stereocenters. The standard InChI is InChI=1S/C17H17N5O3S/c1-23-13-5-4-12(14(24-2)15(13)25-3)10-19-22-16(20-21-17(22)26)11-6-8-18-9-7-11/h4-10H,1-3H3,(H,21,26)/b19-10-. The lowest BCUT2D eigenvalue weighted by atomic mass is 10.2. The van der Waals surface area contributed by atoms with E-state index in [0.717, 1.165) is 5.56 Å². The molecule has 3 aromatic rings. The Morgan fingerprint density at radius 3 is 2.42 bits per heavy atom. The molecule has 2 heterocycles. The molecule has 0 saturated carbocycles. The molecule has 0 atom stereocenters. The van der Waals surface area contributed by atoms with Gasteiger partial charge >= 0.3 is 0 Å². The number of aromatic amines is 1. The van der Waals surface area contributed by atoms with Crippen molar-refractivity contribution >= 4 is 18.4 Å². The van der Waals surface area contributed by atoms with Crippen LogP contribution >= 0.6 is 12.2 Å². The number of hydrogen-bond donors (Lipinski definition) is 1. The summed E-state index contributed by atoms with van der Waals surface area (Å²) in [6.45, 7) is 0. The van der Waals surface area contributed by atoms with E-state index in [-0.39, 0.29) is 0 Å². The minimum atomic E-state index is 0.368. The van der Waals surface area contributed by atoms with Gasteiger partial charge in [-0.15, -0.1) is 0 Å². The second kappa shape index (κ2) is 7.79. The van der Waals surface area contributed by atoms with Gasteiger partial charge in [0.2, 0.25) is 10.5 Å². The van der Waals surface area contributed by atoms with E-state index in [9.17, 15) is 0 Å². The summed E-state index contributed by atoms with van der Waals surface area (Å²) >= 11 is 5.28. The molecule has 9 heteroatoms. The number of ether oxygens (including phenoxy) is 3. The first-order valence-electron chi connectivity index (χ1n) is 7.60. The van der Waals surface area contributed by atoms with Gasteiger partial charge in [0, 0.05) is 23.5 Å². The molecule has 0 aliphatic carbocycles. The van der Waals surface area contributed by atoms with Crippen LogP contribution in [0.25, 0.3) is 11.4 Å². The van der Waals surface area contributed by atoms with Crippen molar-refractivity contribution in [2.75, 3.05) is 21.3 Å². The fraction of sp³-hybridized carbons (Fsp3) is 0.176. The summed E-state index contributed by atoms with van der Waals surface area (Å²) < 4.78 is 18.0. The quantitative estimate of drug-likeness (QED) is 0.530. The number of benzene rings is 1. The monoisotopic (exact) mass is 371 g/mol. The molecule has 26 heavy (non-hydrogen) atoms. The summed E-state index contributed by atoms with van der Waals surface area (Å²) in [5, 5.41) is 11.4. The zero-order valence-electron chi connectivity index (χ0n) is 14.5. The predicted octanol–water partition coefficient (Wildman–Crippen LogP) is 2.91. The first-order valence-corrected chi connectivity index (χ1v) is 8.01. The van der Waals surface area contributed by atoms with Crippen LogP contribution in [0.1, 0.15) is 5.56 Å². The number of nitrogens with zero attached hydrogens (tertiary/aromatic N) is 4. The van der Waals surface area contributed by atoms with Crippen LogP contribution in [-0.2, 0) is 0 Å². The first kappa shape index (κ1) is 17.6. The van der Waals surface area contributed by atoms with Gasteiger partial charge in [0.1, 0.15) is 0 Å². The van der Waals surface area contributed by atoms with Crippen LogP contribution in [0.15, 0.2) is 41.8 Å². The van der Waals surface area contributed by atoms with E-state index in [2.05, 4.69) is 20.3 Å². The molecule has 0 bridgehead atoms. The van der Waals surface area contributed by atoms with Gasteiger partial charge in [-0.05, 0) is 36.5 Å². The van der Waals surface area contributed by atoms with Crippen molar-refractivity contribution < 1.29 is 14.2 Å². The Morgan fingerprint density at radius 1 is 1.04 bits per heavy atom. The smallest absolute Gasteiger partial charge is 0.216 e. The predicted molar refractivity (Wildman–Crippen MR) is 99.7 cm³/mol. The van der Waals surface area contributed by atoms with Gasteiger partial charge in [0.05, 0.1) is 27.5 Å². The van der Waals surface area contributed by atoms with Crippen molar-refractivity contribution in [2.24, 2.45) is 5.10 Å². The lowest BCUT2D eigenvalue weighted by molar-refractivity contribution is 0.324. The van der Waals surface area contributed by atoms with Crippen molar-refractivity contribution in [2.45, 2.75) is 0 Å². The highest BCUT2D eigenvalue weighted by molar-refractivity contribution is 7.71. The van der Waals surface area contributed by atoms with Gasteiger partial charge in [-0.3, -0.25) is 4.98 Å². The highest BCUT2D eigenvalue weighted by Gasteiger charge is 2.15. The highest BCUT2D eigenvalue weighted by atomic mass is 32.1. The van der Waals surface area contributed by atoms with Gasteiger partial charge in [0.25, 0.3) is 0 Å². The third kappa shape index (κ3) is 3.29. The summed E-state index contributed by atoms with van der Waals surface area (Å²) in [7, 11) is 4.67. The topological polar surface area (TPSA) is 86.6 Å². The number of hydrogen-bond acceptors (Lipinski definition) is 7. The average Bonchev–Trinajstić information content (AvgIpc) is 3.06. The molecule has 0 saturated heterocycles. The van der Waals surface area contributed by atoms with E-state index in [4.69, 9.17) is 26.4 Å². The van der Waals surface area contributed by atoms with Crippen molar-refractivity contribution in [1.29, 1.82) is 0 Å². The van der Waals surface area contributed by atoms with Crippen molar-refractivity contribution in [3.8, 4) is 28.6 Å². The number of aromatic nitrogens is 4. The Hall–Kier alpha value is -3.20. The lowest BCUT2D eigenvalue weighted by Crippen LogP contribution is -2.00. The maximum absolute atomic E-state index is 5.46. The van der Waals surface area contributed by atoms with Crippen LogP contribution in [0.2, 0.25) is 0 Å². The van der Waals surface area contributed by atoms with Crippen LogP contribution in [0.4, 0.5) is 0 Å². The highest BCUT2D eigenvalue weighted by Crippen LogP contribution is 2.39. The minimum Gasteiger partial charge on any atom is -0.493 e. The maximum Gasteiger partial charge on any atom is 0.216 e. The Labute approximate surface area is 155 Å². The zero-order valence-corrected chi connectivity index (χ0v) is 15.3. The van der Waals surface area contributed by atoms with Crippen LogP contribution in [0.3, 0.4) is 0 Å². The number of H-pyrrole nitrogens is 1. The summed E-state index contributed by atoms with van der Waals surface area (Å²) in [6, 6.07) is 7.25. The summed E-state index contributed by atoms with van der Waals surface area (Å²) in [6.07, 6.45) is 4.98. The first-order chi connectivity index (χ1) is 12.7. The minimum absolute atomic E-state index is 0.368. The Morgan fingerprint density at radius 2 is 1.77 bits per heavy atom. The largest absolute Gasteiger partial charge is 0.493 e. The molecular weight excluding hydrogens is 354 g/mol. The van der Waals surface area contributed by atoms with Gasteiger partial charge < -0.3 is 14.2 Å². The lowest BCUT2D eigenvalue weighted by Gasteiger charge is -2.13. The maximum atomic E-state index is 5.46. The fourth-order valence-corrected chi connectivity index (χ4v) is 2.61. The number of pyridine rings is 1. The van der Waals surface area contributed by atoms with Crippen molar-refractivity contribution in [1.82, 2.24) is 19.9 Å². The number of methoxy groups -OCH3 is 3. The fourth-order valence-electron chi connectivity index (χ4n) is 2.43. The van der Waals surface area contributed by atoms with Crippen LogP contribution in [0.5, 0.6) is 17.2 Å². The molecule has 3 rings (SSSR count). The van der Waals surface area contributed by atoms with Gasteiger partial charge in [-0.2, -0.15) is 14.9 Å². The molecule has 134 valence electrons. The third-order valence-electron chi connectivity index (χ3n) is 3.64. The summed E-state index contributed by atoms with van der Waals surface area (Å²) in [5.41, 5.74) is 1.54. The zero-order chi connectivity index (χ0) is 18.5. The average molecular weight is 371 g/mol. The second-order valence-electron chi connectivity index (χ2n) is 5.07. The molecule has 0 aliphatic heterocycles. The molecule has 0 radical (unpaired) electrons.